The zero-order valence-electron chi connectivity index (χ0n) is 9.85. The first-order valence-corrected chi connectivity index (χ1v) is 6.00. The van der Waals surface area contributed by atoms with Crippen LogP contribution in [-0.4, -0.2) is 41.8 Å². The van der Waals surface area contributed by atoms with Crippen molar-refractivity contribution in [3.8, 4) is 0 Å². The van der Waals surface area contributed by atoms with Crippen molar-refractivity contribution in [1.29, 1.82) is 0 Å². The van der Waals surface area contributed by atoms with E-state index in [4.69, 9.17) is 10.2 Å². The van der Waals surface area contributed by atoms with E-state index in [-0.39, 0.29) is 0 Å². The molecule has 0 spiro atoms. The van der Waals surface area contributed by atoms with Crippen LogP contribution in [0.5, 0.6) is 0 Å². The van der Waals surface area contributed by atoms with Crippen molar-refractivity contribution < 1.29 is 4.42 Å². The quantitative estimate of drug-likeness (QED) is 0.818. The van der Waals surface area contributed by atoms with Gasteiger partial charge in [0.15, 0.2) is 0 Å². The Morgan fingerprint density at radius 2 is 2.38 bits per heavy atom. The molecule has 2 rings (SSSR count). The van der Waals surface area contributed by atoms with E-state index < -0.39 is 0 Å². The highest BCUT2D eigenvalue weighted by Crippen LogP contribution is 2.25. The maximum atomic E-state index is 5.67. The Kier molecular flexibility index (Phi) is 3.90. The van der Waals surface area contributed by atoms with Crippen LogP contribution in [0.4, 0.5) is 0 Å². The molecule has 1 fully saturated rings. The number of aromatic nitrogens is 2. The van der Waals surface area contributed by atoms with Gasteiger partial charge in [-0.15, -0.1) is 10.2 Å². The number of rotatable bonds is 4. The first kappa shape index (κ1) is 11.5. The van der Waals surface area contributed by atoms with Crippen molar-refractivity contribution in [2.24, 2.45) is 5.73 Å². The van der Waals surface area contributed by atoms with Crippen molar-refractivity contribution >= 4 is 0 Å². The lowest BCUT2D eigenvalue weighted by atomic mass is 9.99. The van der Waals surface area contributed by atoms with Gasteiger partial charge in [-0.3, -0.25) is 0 Å². The van der Waals surface area contributed by atoms with Gasteiger partial charge in [0.1, 0.15) is 0 Å². The summed E-state index contributed by atoms with van der Waals surface area (Å²) in [5.74, 6) is 1.95. The van der Waals surface area contributed by atoms with Crippen LogP contribution in [-0.2, 0) is 6.42 Å². The third-order valence-electron chi connectivity index (χ3n) is 3.05. The zero-order chi connectivity index (χ0) is 11.4. The number of aryl methyl sites for hydroxylation is 1. The Balaban J connectivity index is 1.95. The molecule has 2 N–H and O–H groups in total. The third-order valence-corrected chi connectivity index (χ3v) is 3.05. The first-order valence-electron chi connectivity index (χ1n) is 6.00. The van der Waals surface area contributed by atoms with Crippen molar-refractivity contribution in [2.45, 2.75) is 31.6 Å². The molecule has 0 aliphatic carbocycles. The predicted molar refractivity (Wildman–Crippen MR) is 61.1 cm³/mol. The second-order valence-corrected chi connectivity index (χ2v) is 4.53. The molecule has 0 saturated carbocycles. The standard InChI is InChI=1S/C11H20N4O/c1-15-7-3-4-9(8-15)11-14-13-10(16-11)5-2-6-12/h9H,2-8,12H2,1H3/t9-/m1/s1. The molecule has 90 valence electrons. The number of hydrogen-bond acceptors (Lipinski definition) is 5. The van der Waals surface area contributed by atoms with Crippen LogP contribution in [0, 0.1) is 0 Å². The highest BCUT2D eigenvalue weighted by molar-refractivity contribution is 4.95. The van der Waals surface area contributed by atoms with Gasteiger partial charge in [-0.2, -0.15) is 0 Å². The summed E-state index contributed by atoms with van der Waals surface area (Å²) in [6, 6.07) is 0. The Labute approximate surface area is 96.0 Å². The van der Waals surface area contributed by atoms with Gasteiger partial charge in [-0.25, -0.2) is 0 Å². The van der Waals surface area contributed by atoms with Crippen LogP contribution >= 0.6 is 0 Å². The van der Waals surface area contributed by atoms with Gasteiger partial charge in [-0.05, 0) is 39.4 Å². The molecule has 1 aromatic heterocycles. The average molecular weight is 224 g/mol. The molecule has 0 bridgehead atoms. The molecule has 5 heteroatoms. The summed E-state index contributed by atoms with van der Waals surface area (Å²) in [4.78, 5) is 2.32. The lowest BCUT2D eigenvalue weighted by Gasteiger charge is -2.27. The van der Waals surface area contributed by atoms with Gasteiger partial charge in [-0.1, -0.05) is 0 Å². The van der Waals surface area contributed by atoms with E-state index in [1.165, 1.54) is 13.0 Å². The number of likely N-dealkylation sites (N-methyl/N-ethyl adjacent to an activating group) is 1. The fourth-order valence-electron chi connectivity index (χ4n) is 2.15. The summed E-state index contributed by atoms with van der Waals surface area (Å²) in [5.41, 5.74) is 5.45. The molecule has 1 atom stereocenters. The minimum Gasteiger partial charge on any atom is -0.425 e. The number of nitrogens with two attached hydrogens (primary N) is 1. The van der Waals surface area contributed by atoms with Gasteiger partial charge in [0.2, 0.25) is 11.8 Å². The first-order chi connectivity index (χ1) is 7.79. The normalized spacial score (nSPS) is 22.5. The van der Waals surface area contributed by atoms with E-state index in [1.54, 1.807) is 0 Å². The van der Waals surface area contributed by atoms with Gasteiger partial charge in [0.05, 0.1) is 5.92 Å². The van der Waals surface area contributed by atoms with E-state index >= 15 is 0 Å². The van der Waals surface area contributed by atoms with Crippen molar-refractivity contribution in [3.05, 3.63) is 11.8 Å². The fourth-order valence-corrected chi connectivity index (χ4v) is 2.15. The topological polar surface area (TPSA) is 68.2 Å². The zero-order valence-corrected chi connectivity index (χ0v) is 9.85. The van der Waals surface area contributed by atoms with Crippen LogP contribution in [0.1, 0.15) is 37.0 Å². The Morgan fingerprint density at radius 3 is 3.12 bits per heavy atom. The molecule has 0 aromatic carbocycles. The summed E-state index contributed by atoms with van der Waals surface area (Å²) < 4.78 is 5.67. The van der Waals surface area contributed by atoms with Crippen LogP contribution in [0.3, 0.4) is 0 Å². The summed E-state index contributed by atoms with van der Waals surface area (Å²) in [6.45, 7) is 2.87. The van der Waals surface area contributed by atoms with Gasteiger partial charge in [0, 0.05) is 13.0 Å². The molecule has 1 aliphatic heterocycles. The molecule has 1 aromatic rings. The van der Waals surface area contributed by atoms with Crippen LogP contribution in [0.2, 0.25) is 0 Å². The van der Waals surface area contributed by atoms with Crippen LogP contribution < -0.4 is 5.73 Å². The maximum absolute atomic E-state index is 5.67. The number of piperidine rings is 1. The molecule has 0 radical (unpaired) electrons. The van der Waals surface area contributed by atoms with E-state index in [2.05, 4.69) is 22.1 Å². The van der Waals surface area contributed by atoms with Crippen molar-refractivity contribution in [1.82, 2.24) is 15.1 Å². The van der Waals surface area contributed by atoms with E-state index in [0.717, 1.165) is 37.6 Å². The SMILES string of the molecule is CN1CCC[C@@H](c2nnc(CCCN)o2)C1. The second kappa shape index (κ2) is 5.41. The van der Waals surface area contributed by atoms with Crippen molar-refractivity contribution in [3.63, 3.8) is 0 Å². The molecule has 0 unspecified atom stereocenters. The molecule has 1 aliphatic rings. The molecule has 16 heavy (non-hydrogen) atoms. The number of hydrogen-bond donors (Lipinski definition) is 1. The average Bonchev–Trinajstić information content (AvgIpc) is 2.75. The highest BCUT2D eigenvalue weighted by Gasteiger charge is 2.23. The second-order valence-electron chi connectivity index (χ2n) is 4.53. The lowest BCUT2D eigenvalue weighted by molar-refractivity contribution is 0.228. The molecular formula is C11H20N4O. The summed E-state index contributed by atoms with van der Waals surface area (Å²) in [7, 11) is 2.14. The summed E-state index contributed by atoms with van der Waals surface area (Å²) in [5, 5.41) is 8.21. The molecule has 0 amide bonds. The molecule has 1 saturated heterocycles. The largest absolute Gasteiger partial charge is 0.425 e. The van der Waals surface area contributed by atoms with Gasteiger partial charge < -0.3 is 15.1 Å². The van der Waals surface area contributed by atoms with E-state index in [1.807, 2.05) is 0 Å². The third kappa shape index (κ3) is 2.80. The van der Waals surface area contributed by atoms with Gasteiger partial charge >= 0.3 is 0 Å². The molecule has 5 nitrogen and oxygen atoms in total. The fraction of sp³-hybridized carbons (Fsp3) is 0.818. The Morgan fingerprint density at radius 1 is 1.50 bits per heavy atom. The Hall–Kier alpha value is -0.940. The van der Waals surface area contributed by atoms with E-state index in [0.29, 0.717) is 12.5 Å². The Bertz CT molecular complexity index is 326. The maximum Gasteiger partial charge on any atom is 0.220 e. The number of likely N-dealkylation sites (tertiary alicyclic amines) is 1. The van der Waals surface area contributed by atoms with Crippen molar-refractivity contribution in [2.75, 3.05) is 26.7 Å². The number of nitrogens with zero attached hydrogens (tertiary/aromatic N) is 3. The monoisotopic (exact) mass is 224 g/mol. The smallest absolute Gasteiger partial charge is 0.220 e. The lowest BCUT2D eigenvalue weighted by Crippen LogP contribution is -2.30. The molecular weight excluding hydrogens is 204 g/mol. The summed E-state index contributed by atoms with van der Waals surface area (Å²) >= 11 is 0. The van der Waals surface area contributed by atoms with Crippen LogP contribution in [0.25, 0.3) is 0 Å². The summed E-state index contributed by atoms with van der Waals surface area (Å²) in [6.07, 6.45) is 4.07. The van der Waals surface area contributed by atoms with E-state index in [9.17, 15) is 0 Å². The predicted octanol–water partition coefficient (Wildman–Crippen LogP) is 0.770. The molecule has 2 heterocycles. The minimum atomic E-state index is 0.415. The highest BCUT2D eigenvalue weighted by atomic mass is 16.4. The van der Waals surface area contributed by atoms with Crippen LogP contribution in [0.15, 0.2) is 4.42 Å². The van der Waals surface area contributed by atoms with Gasteiger partial charge in [0.25, 0.3) is 0 Å². The minimum absolute atomic E-state index is 0.415.